The first-order valence-electron chi connectivity index (χ1n) is 22.6. The number of esters is 1. The number of fused-ring (bicyclic) bond motifs is 2. The SMILES string of the molecule is C[C@@H]1[C@H](O)[C@@H](C)/C=C/C=C/C=C/C=C/C=C/C=C/C=C/[C@H](O[C@@H]2O[C@H](C)[C@@H](O)[C@H](N=[N+]=[N-])[C@H]2O)C[C@@H]2OC(O)(C[C@@H](O)C[C@@H](O)[C@H](O)CC[C@@H](O)C[C@@H](O)CC(=O)O[C@H]1C)C[C@H](O)[C@H]2C(=O)O. The highest BCUT2D eigenvalue weighted by molar-refractivity contribution is 5.71. The van der Waals surface area contributed by atoms with E-state index in [1.165, 1.54) is 13.0 Å². The largest absolute Gasteiger partial charge is 0.481 e. The zero-order valence-electron chi connectivity index (χ0n) is 38.3. The third-order valence-electron chi connectivity index (χ3n) is 12.1. The predicted molar refractivity (Wildman–Crippen MR) is 242 cm³/mol. The predicted octanol–water partition coefficient (Wildman–Crippen LogP) is 2.06. The van der Waals surface area contributed by atoms with Gasteiger partial charge in [0.1, 0.15) is 18.1 Å². The van der Waals surface area contributed by atoms with E-state index < -0.39 is 147 Å². The number of cyclic esters (lactones) is 1. The van der Waals surface area contributed by atoms with Gasteiger partial charge in [-0.05, 0) is 38.6 Å². The molecule has 0 aromatic rings. The molecule has 0 aromatic heterocycles. The average Bonchev–Trinajstić information content (AvgIpc) is 3.24. The van der Waals surface area contributed by atoms with Crippen molar-refractivity contribution in [1.29, 1.82) is 0 Å². The van der Waals surface area contributed by atoms with Crippen molar-refractivity contribution in [3.63, 3.8) is 0 Å². The Morgan fingerprint density at radius 3 is 1.87 bits per heavy atom. The van der Waals surface area contributed by atoms with Crippen LogP contribution in [0, 0.1) is 17.8 Å². The number of hydrogen-bond donors (Lipinski definition) is 11. The van der Waals surface area contributed by atoms with Crippen LogP contribution in [0.5, 0.6) is 0 Å². The quantitative estimate of drug-likeness (QED) is 0.0831. The number of nitrogens with zero attached hydrogens (tertiary/aromatic N) is 3. The maximum absolute atomic E-state index is 12.6. The summed E-state index contributed by atoms with van der Waals surface area (Å²) in [5.41, 5.74) is 9.06. The van der Waals surface area contributed by atoms with Gasteiger partial charge in [-0.3, -0.25) is 9.59 Å². The molecule has 2 saturated heterocycles. The highest BCUT2D eigenvalue weighted by Gasteiger charge is 2.51. The van der Waals surface area contributed by atoms with Gasteiger partial charge < -0.3 is 75.1 Å². The summed E-state index contributed by atoms with van der Waals surface area (Å²) in [4.78, 5) is 27.8. The summed E-state index contributed by atoms with van der Waals surface area (Å²) in [6, 6.07) is -1.38. The fourth-order valence-corrected chi connectivity index (χ4v) is 8.11. The first-order valence-corrected chi connectivity index (χ1v) is 22.6. The van der Waals surface area contributed by atoms with Crippen molar-refractivity contribution in [1.82, 2.24) is 0 Å². The first kappa shape index (κ1) is 57.2. The molecular weight excluding hydrogens is 879 g/mol. The minimum atomic E-state index is -2.36. The van der Waals surface area contributed by atoms with Crippen LogP contribution >= 0.6 is 0 Å². The summed E-state index contributed by atoms with van der Waals surface area (Å²) in [5.74, 6) is -6.97. The lowest BCUT2D eigenvalue weighted by atomic mass is 9.82. The maximum Gasteiger partial charge on any atom is 0.311 e. The molecule has 3 heterocycles. The minimum absolute atomic E-state index is 0.121. The molecule has 67 heavy (non-hydrogen) atoms. The topological polar surface area (TPSA) is 342 Å². The van der Waals surface area contributed by atoms with Crippen LogP contribution < -0.4 is 0 Å². The van der Waals surface area contributed by atoms with Crippen LogP contribution in [0.25, 0.3) is 10.4 Å². The Balaban J connectivity index is 1.89. The molecule has 11 N–H and O–H groups in total. The highest BCUT2D eigenvalue weighted by Crippen LogP contribution is 2.38. The lowest BCUT2D eigenvalue weighted by molar-refractivity contribution is -0.308. The molecule has 2 fully saturated rings. The van der Waals surface area contributed by atoms with Gasteiger partial charge in [-0.2, -0.15) is 0 Å². The highest BCUT2D eigenvalue weighted by atomic mass is 16.7. The van der Waals surface area contributed by atoms with Gasteiger partial charge in [-0.25, -0.2) is 0 Å². The van der Waals surface area contributed by atoms with E-state index >= 15 is 0 Å². The molecule has 0 aliphatic carbocycles. The summed E-state index contributed by atoms with van der Waals surface area (Å²) in [6.07, 6.45) is 2.10. The second-order valence-electron chi connectivity index (χ2n) is 17.7. The van der Waals surface area contributed by atoms with Crippen LogP contribution in [0.1, 0.15) is 79.1 Å². The normalized spacial score (nSPS) is 44.3. The molecular formula is C47H71N3O17. The fourth-order valence-electron chi connectivity index (χ4n) is 8.11. The van der Waals surface area contributed by atoms with Crippen molar-refractivity contribution >= 4 is 11.9 Å². The number of ether oxygens (including phenoxy) is 4. The van der Waals surface area contributed by atoms with Crippen LogP contribution in [-0.4, -0.2) is 166 Å². The minimum Gasteiger partial charge on any atom is -0.481 e. The molecule has 20 heteroatoms. The molecule has 3 aliphatic heterocycles. The molecule has 19 atom stereocenters. The number of azide groups is 1. The number of rotatable bonds is 4. The van der Waals surface area contributed by atoms with Crippen molar-refractivity contribution < 1.29 is 84.7 Å². The molecule has 0 radical (unpaired) electrons. The van der Waals surface area contributed by atoms with E-state index in [1.807, 2.05) is 13.0 Å². The molecule has 2 bridgehead atoms. The Kier molecular flexibility index (Phi) is 24.3. The second kappa shape index (κ2) is 28.4. The van der Waals surface area contributed by atoms with Crippen LogP contribution in [0.2, 0.25) is 0 Å². The average molecular weight is 950 g/mol. The summed E-state index contributed by atoms with van der Waals surface area (Å²) < 4.78 is 23.1. The molecule has 3 rings (SSSR count). The standard InChI is InChI=1S/C47H71N3O17/c1-27-17-15-13-11-9-7-5-6-8-10-12-14-16-18-34(66-46-44(60)41(49-50-48)43(59)30(4)65-46)24-38-40(45(61)62)37(56)26-47(63,67-38)25-33(53)22-36(55)35(54)20-19-31(51)21-32(52)23-39(57)64-29(3)28(2)42(27)58/h5-18,27-38,40-44,46,51-56,58-60,63H,19-26H2,1-4H3,(H,61,62)/b6-5+,9-7+,10-8+,13-11+,14-12+,17-15+,18-16+/t27-,28-,29-,30+,31+,32+,33-,34-,35+,36+,37-,38-,40+,41-,42+,43+,44+,46-,47?/m0/s1. The van der Waals surface area contributed by atoms with Crippen molar-refractivity contribution in [2.24, 2.45) is 22.9 Å². The molecule has 376 valence electrons. The Morgan fingerprint density at radius 1 is 0.701 bits per heavy atom. The third kappa shape index (κ3) is 19.1. The van der Waals surface area contributed by atoms with E-state index in [-0.39, 0.29) is 31.6 Å². The lowest BCUT2D eigenvalue weighted by Crippen LogP contribution is -2.58. The summed E-state index contributed by atoms with van der Waals surface area (Å²) >= 11 is 0. The number of carbonyl (C=O) groups excluding carboxylic acids is 1. The maximum atomic E-state index is 12.6. The molecule has 20 nitrogen and oxygen atoms in total. The van der Waals surface area contributed by atoms with Crippen LogP contribution in [-0.2, 0) is 28.5 Å². The number of aliphatic carboxylic acids is 1. The van der Waals surface area contributed by atoms with Gasteiger partial charge in [-0.15, -0.1) is 0 Å². The number of hydrogen-bond acceptors (Lipinski definition) is 17. The number of carboxylic acid groups (broad SMARTS) is 1. The van der Waals surface area contributed by atoms with E-state index in [1.54, 1.807) is 86.8 Å². The van der Waals surface area contributed by atoms with E-state index in [0.29, 0.717) is 0 Å². The van der Waals surface area contributed by atoms with Crippen LogP contribution in [0.4, 0.5) is 0 Å². The Hall–Kier alpha value is -4.09. The molecule has 1 unspecified atom stereocenters. The van der Waals surface area contributed by atoms with Gasteiger partial charge in [0.25, 0.3) is 0 Å². The third-order valence-corrected chi connectivity index (χ3v) is 12.1. The van der Waals surface area contributed by atoms with Gasteiger partial charge in [0.15, 0.2) is 12.1 Å². The van der Waals surface area contributed by atoms with Crippen molar-refractivity contribution in [3.05, 3.63) is 95.5 Å². The Morgan fingerprint density at radius 2 is 1.28 bits per heavy atom. The van der Waals surface area contributed by atoms with Gasteiger partial charge >= 0.3 is 11.9 Å². The monoisotopic (exact) mass is 949 g/mol. The summed E-state index contributed by atoms with van der Waals surface area (Å²) in [5, 5.41) is 122. The number of carbonyl (C=O) groups is 2. The molecule has 0 spiro atoms. The molecule has 0 aromatic carbocycles. The smallest absolute Gasteiger partial charge is 0.311 e. The van der Waals surface area contributed by atoms with Gasteiger partial charge in [0, 0.05) is 42.4 Å². The first-order chi connectivity index (χ1) is 31.7. The Labute approximate surface area is 390 Å². The van der Waals surface area contributed by atoms with E-state index in [2.05, 4.69) is 10.0 Å². The van der Waals surface area contributed by atoms with E-state index in [9.17, 15) is 65.8 Å². The zero-order chi connectivity index (χ0) is 49.8. The second-order valence-corrected chi connectivity index (χ2v) is 17.7. The molecule has 0 amide bonds. The molecule has 3 aliphatic rings. The number of allylic oxidation sites excluding steroid dienone is 12. The number of carboxylic acids is 1. The van der Waals surface area contributed by atoms with Crippen molar-refractivity contribution in [3.8, 4) is 0 Å². The van der Waals surface area contributed by atoms with E-state index in [0.717, 1.165) is 0 Å². The van der Waals surface area contributed by atoms with Gasteiger partial charge in [-0.1, -0.05) is 104 Å². The van der Waals surface area contributed by atoms with E-state index in [4.69, 9.17) is 24.5 Å². The summed E-state index contributed by atoms with van der Waals surface area (Å²) in [6.45, 7) is 6.65. The number of aliphatic hydroxyl groups is 10. The fraction of sp³-hybridized carbons (Fsp3) is 0.660. The van der Waals surface area contributed by atoms with Gasteiger partial charge in [0.2, 0.25) is 0 Å². The summed E-state index contributed by atoms with van der Waals surface area (Å²) in [7, 11) is 0. The molecule has 0 saturated carbocycles. The zero-order valence-corrected chi connectivity index (χ0v) is 38.3. The van der Waals surface area contributed by atoms with Crippen molar-refractivity contribution in [2.45, 2.75) is 177 Å². The van der Waals surface area contributed by atoms with Crippen LogP contribution in [0.15, 0.2) is 90.2 Å². The van der Waals surface area contributed by atoms with Crippen LogP contribution in [0.3, 0.4) is 0 Å². The number of aliphatic hydroxyl groups excluding tert-OH is 9. The van der Waals surface area contributed by atoms with Gasteiger partial charge in [0.05, 0.1) is 79.6 Å². The van der Waals surface area contributed by atoms with Crippen molar-refractivity contribution in [2.75, 3.05) is 0 Å². The lowest BCUT2D eigenvalue weighted by Gasteiger charge is -2.45. The Bertz CT molecular complexity index is 1800.